The van der Waals surface area contributed by atoms with E-state index in [-0.39, 0.29) is 6.10 Å². The van der Waals surface area contributed by atoms with E-state index < -0.39 is 0 Å². The van der Waals surface area contributed by atoms with Gasteiger partial charge >= 0.3 is 0 Å². The molecule has 0 amide bonds. The van der Waals surface area contributed by atoms with Gasteiger partial charge in [-0.15, -0.1) is 0 Å². The Morgan fingerprint density at radius 3 is 2.83 bits per heavy atom. The van der Waals surface area contributed by atoms with Crippen LogP contribution in [0.25, 0.3) is 6.08 Å². The molecule has 23 heavy (non-hydrogen) atoms. The van der Waals surface area contributed by atoms with E-state index >= 15 is 0 Å². The number of aryl methyl sites for hydroxylation is 2. The highest BCUT2D eigenvalue weighted by molar-refractivity contribution is 5.48. The Balaban J connectivity index is 1.52. The third-order valence-electron chi connectivity index (χ3n) is 4.04. The van der Waals surface area contributed by atoms with E-state index in [0.717, 1.165) is 44.4 Å². The molecule has 1 aliphatic heterocycles. The van der Waals surface area contributed by atoms with Gasteiger partial charge in [-0.25, -0.2) is 9.67 Å². The molecule has 2 heterocycles. The summed E-state index contributed by atoms with van der Waals surface area (Å²) in [7, 11) is 0. The van der Waals surface area contributed by atoms with Crippen molar-refractivity contribution in [3.63, 3.8) is 0 Å². The first-order chi connectivity index (χ1) is 11.2. The van der Waals surface area contributed by atoms with Crippen molar-refractivity contribution in [1.29, 1.82) is 0 Å². The monoisotopic (exact) mass is 312 g/mol. The molecule has 0 N–H and O–H groups in total. The molecule has 5 heteroatoms. The molecule has 1 saturated heterocycles. The van der Waals surface area contributed by atoms with Gasteiger partial charge in [-0.1, -0.05) is 42.5 Å². The minimum atomic E-state index is 0.175. The molecule has 0 spiro atoms. The summed E-state index contributed by atoms with van der Waals surface area (Å²) >= 11 is 0. The van der Waals surface area contributed by atoms with Gasteiger partial charge in [-0.05, 0) is 19.4 Å². The van der Waals surface area contributed by atoms with Crippen molar-refractivity contribution < 1.29 is 4.74 Å². The SMILES string of the molecule is Cc1nc(C)n(C[C@H]2CN(C/C=C\c3ccccc3)CCO2)n1. The molecule has 0 bridgehead atoms. The van der Waals surface area contributed by atoms with Crippen LogP contribution in [0.5, 0.6) is 0 Å². The van der Waals surface area contributed by atoms with Crippen LogP contribution in [0.4, 0.5) is 0 Å². The van der Waals surface area contributed by atoms with Crippen LogP contribution in [0, 0.1) is 13.8 Å². The fourth-order valence-corrected chi connectivity index (χ4v) is 2.89. The van der Waals surface area contributed by atoms with Crippen LogP contribution >= 0.6 is 0 Å². The summed E-state index contributed by atoms with van der Waals surface area (Å²) < 4.78 is 7.83. The molecule has 1 atom stereocenters. The quantitative estimate of drug-likeness (QED) is 0.850. The second kappa shape index (κ2) is 7.53. The molecule has 1 aromatic carbocycles. The van der Waals surface area contributed by atoms with Crippen molar-refractivity contribution in [2.75, 3.05) is 26.2 Å². The van der Waals surface area contributed by atoms with Gasteiger partial charge in [0.2, 0.25) is 0 Å². The minimum absolute atomic E-state index is 0.175. The van der Waals surface area contributed by atoms with Gasteiger partial charge < -0.3 is 4.74 Å². The molecule has 0 aliphatic carbocycles. The number of nitrogens with zero attached hydrogens (tertiary/aromatic N) is 4. The van der Waals surface area contributed by atoms with E-state index in [4.69, 9.17) is 4.74 Å². The van der Waals surface area contributed by atoms with Crippen LogP contribution in [0.3, 0.4) is 0 Å². The second-order valence-electron chi connectivity index (χ2n) is 5.95. The highest BCUT2D eigenvalue weighted by Crippen LogP contribution is 2.09. The second-order valence-corrected chi connectivity index (χ2v) is 5.95. The predicted molar refractivity (Wildman–Crippen MR) is 91.2 cm³/mol. The summed E-state index contributed by atoms with van der Waals surface area (Å²) in [6, 6.07) is 10.4. The van der Waals surface area contributed by atoms with Crippen molar-refractivity contribution in [2.24, 2.45) is 0 Å². The topological polar surface area (TPSA) is 43.2 Å². The molecule has 1 aliphatic rings. The Bertz CT molecular complexity index is 650. The fourth-order valence-electron chi connectivity index (χ4n) is 2.89. The van der Waals surface area contributed by atoms with Crippen LogP contribution in [-0.2, 0) is 11.3 Å². The lowest BCUT2D eigenvalue weighted by Crippen LogP contribution is -2.44. The third kappa shape index (κ3) is 4.50. The van der Waals surface area contributed by atoms with E-state index in [9.17, 15) is 0 Å². The first kappa shape index (κ1) is 15.9. The number of hydrogen-bond acceptors (Lipinski definition) is 4. The summed E-state index contributed by atoms with van der Waals surface area (Å²) in [6.45, 7) is 8.31. The molecule has 1 aromatic heterocycles. The number of ether oxygens (including phenoxy) is 1. The van der Waals surface area contributed by atoms with Gasteiger partial charge in [-0.3, -0.25) is 4.90 Å². The Labute approximate surface area is 137 Å². The molecule has 5 nitrogen and oxygen atoms in total. The Morgan fingerprint density at radius 2 is 2.09 bits per heavy atom. The van der Waals surface area contributed by atoms with Crippen molar-refractivity contribution in [3.8, 4) is 0 Å². The zero-order valence-electron chi connectivity index (χ0n) is 13.9. The van der Waals surface area contributed by atoms with E-state index in [1.165, 1.54) is 5.56 Å². The maximum atomic E-state index is 5.89. The molecule has 0 saturated carbocycles. The van der Waals surface area contributed by atoms with E-state index in [1.807, 2.05) is 24.6 Å². The summed E-state index contributed by atoms with van der Waals surface area (Å²) in [4.78, 5) is 6.77. The first-order valence-corrected chi connectivity index (χ1v) is 8.14. The Kier molecular flexibility index (Phi) is 5.20. The third-order valence-corrected chi connectivity index (χ3v) is 4.04. The number of benzene rings is 1. The standard InChI is InChI=1S/C18H24N4O/c1-15-19-16(2)22(20-15)14-18-13-21(11-12-23-18)10-6-9-17-7-4-3-5-8-17/h3-9,18H,10-14H2,1-2H3/b9-6-/t18-/m1/s1. The van der Waals surface area contributed by atoms with Crippen LogP contribution in [-0.4, -0.2) is 52.0 Å². The van der Waals surface area contributed by atoms with E-state index in [1.54, 1.807) is 0 Å². The van der Waals surface area contributed by atoms with Crippen molar-refractivity contribution in [1.82, 2.24) is 19.7 Å². The van der Waals surface area contributed by atoms with Gasteiger partial charge in [0.1, 0.15) is 11.6 Å². The van der Waals surface area contributed by atoms with Crippen LogP contribution in [0.1, 0.15) is 17.2 Å². The smallest absolute Gasteiger partial charge is 0.147 e. The predicted octanol–water partition coefficient (Wildman–Crippen LogP) is 2.31. The number of rotatable bonds is 5. The average molecular weight is 312 g/mol. The molecule has 3 rings (SSSR count). The van der Waals surface area contributed by atoms with E-state index in [0.29, 0.717) is 0 Å². The molecule has 1 fully saturated rings. The zero-order chi connectivity index (χ0) is 16.1. The van der Waals surface area contributed by atoms with Crippen molar-refractivity contribution >= 4 is 6.08 Å². The number of hydrogen-bond donors (Lipinski definition) is 0. The van der Waals surface area contributed by atoms with Crippen molar-refractivity contribution in [2.45, 2.75) is 26.5 Å². The van der Waals surface area contributed by atoms with Crippen LogP contribution in [0.15, 0.2) is 36.4 Å². The summed E-state index contributed by atoms with van der Waals surface area (Å²) in [5.41, 5.74) is 1.24. The Hall–Kier alpha value is -1.98. The van der Waals surface area contributed by atoms with Gasteiger partial charge in [0.15, 0.2) is 0 Å². The fraction of sp³-hybridized carbons (Fsp3) is 0.444. The van der Waals surface area contributed by atoms with Gasteiger partial charge in [0.05, 0.1) is 19.3 Å². The molecular weight excluding hydrogens is 288 g/mol. The normalized spacial score (nSPS) is 19.5. The van der Waals surface area contributed by atoms with E-state index in [2.05, 4.69) is 51.4 Å². The van der Waals surface area contributed by atoms with Crippen LogP contribution < -0.4 is 0 Å². The molecule has 2 aromatic rings. The maximum Gasteiger partial charge on any atom is 0.147 e. The highest BCUT2D eigenvalue weighted by Gasteiger charge is 2.21. The van der Waals surface area contributed by atoms with Gasteiger partial charge in [0, 0.05) is 19.6 Å². The lowest BCUT2D eigenvalue weighted by Gasteiger charge is -2.32. The summed E-state index contributed by atoms with van der Waals surface area (Å²) in [6.07, 6.45) is 4.58. The molecule has 0 radical (unpaired) electrons. The lowest BCUT2D eigenvalue weighted by atomic mass is 10.2. The molecule has 122 valence electrons. The summed E-state index contributed by atoms with van der Waals surface area (Å²) in [5.74, 6) is 1.77. The van der Waals surface area contributed by atoms with Crippen molar-refractivity contribution in [3.05, 3.63) is 53.6 Å². The number of aromatic nitrogens is 3. The highest BCUT2D eigenvalue weighted by atomic mass is 16.5. The average Bonchev–Trinajstić information content (AvgIpc) is 2.86. The van der Waals surface area contributed by atoms with Gasteiger partial charge in [0.25, 0.3) is 0 Å². The zero-order valence-corrected chi connectivity index (χ0v) is 13.9. The van der Waals surface area contributed by atoms with Crippen LogP contribution in [0.2, 0.25) is 0 Å². The summed E-state index contributed by atoms with van der Waals surface area (Å²) in [5, 5.41) is 4.42. The largest absolute Gasteiger partial charge is 0.374 e. The first-order valence-electron chi connectivity index (χ1n) is 8.14. The molecular formula is C18H24N4O. The van der Waals surface area contributed by atoms with Gasteiger partial charge in [-0.2, -0.15) is 5.10 Å². The maximum absolute atomic E-state index is 5.89. The Morgan fingerprint density at radius 1 is 1.26 bits per heavy atom. The minimum Gasteiger partial charge on any atom is -0.374 e. The number of morpholine rings is 1. The lowest BCUT2D eigenvalue weighted by molar-refractivity contribution is -0.0341. The molecule has 0 unspecified atom stereocenters.